The molecule has 2 fully saturated rings. The second-order valence-corrected chi connectivity index (χ2v) is 18.2. The molecule has 10 N–H and O–H groups in total. The lowest BCUT2D eigenvalue weighted by Crippen LogP contribution is -2.60. The summed E-state index contributed by atoms with van der Waals surface area (Å²) in [7, 11) is 0. The Bertz CT molecular complexity index is 2420. The van der Waals surface area contributed by atoms with Crippen LogP contribution in [0.5, 0.6) is 11.5 Å². The van der Waals surface area contributed by atoms with Crippen LogP contribution < -0.4 is 4.74 Å². The van der Waals surface area contributed by atoms with Crippen molar-refractivity contribution in [2.45, 2.75) is 129 Å². The minimum atomic E-state index is -1.57. The third kappa shape index (κ3) is 12.3. The van der Waals surface area contributed by atoms with Gasteiger partial charge in [0, 0.05) is 22.0 Å². The van der Waals surface area contributed by atoms with Crippen molar-refractivity contribution in [1.29, 1.82) is 0 Å². The number of nitrogens with zero attached hydrogens (tertiary/aromatic N) is 2. The molecule has 2 aromatic rings. The predicted octanol–water partition coefficient (Wildman–Crippen LogP) is 5.43. The Kier molecular flexibility index (Phi) is 21.8. The Balaban J connectivity index is 0.000000370. The molecule has 2 saturated heterocycles. The molecule has 2 aliphatic carbocycles. The van der Waals surface area contributed by atoms with Crippen LogP contribution in [0.4, 0.5) is 11.4 Å². The van der Waals surface area contributed by atoms with E-state index in [1.807, 2.05) is 34.6 Å². The van der Waals surface area contributed by atoms with E-state index in [-0.39, 0.29) is 53.9 Å². The molecule has 382 valence electrons. The first-order chi connectivity index (χ1) is 30.9. The molecule has 0 saturated carbocycles. The highest BCUT2D eigenvalue weighted by Crippen LogP contribution is 2.52. The van der Waals surface area contributed by atoms with Crippen LogP contribution in [0.1, 0.15) is 68.0 Å². The maximum Gasteiger partial charge on any atom is 0.229 e. The molecule has 8 rings (SSSR count). The first-order valence-corrected chi connectivity index (χ1v) is 21.7. The van der Waals surface area contributed by atoms with Crippen molar-refractivity contribution >= 4 is 80.8 Å². The fourth-order valence-corrected chi connectivity index (χ4v) is 9.12. The maximum absolute atomic E-state index is 12.3. The van der Waals surface area contributed by atoms with Crippen molar-refractivity contribution in [3.05, 3.63) is 104 Å². The second kappa shape index (κ2) is 24.5. The molecule has 0 radical (unpaired) electrons. The van der Waals surface area contributed by atoms with Crippen molar-refractivity contribution in [3.63, 3.8) is 0 Å². The van der Waals surface area contributed by atoms with Crippen LogP contribution >= 0.6 is 46.4 Å². The molecule has 0 spiro atoms. The Morgan fingerprint density at radius 1 is 0.739 bits per heavy atom. The monoisotopic (exact) mass is 1050 g/mol. The fraction of sp³-hybridized carbons (Fsp3) is 0.458. The number of ketones is 2. The number of Topliss-reactive ketones (excluding diaryl/α,β-unsaturated/α-hetero) is 1. The SMILES string of the molecule is C.C.C.C=CC.CC1(C)C2=C(Cl)C(=O)C(Cl)=CC2=Nc2ccc(O[C@@H]3OC(CO)[C@H](O)[C@@H](O)C3O)cc21.CC1(C)C2=CC(=O)C=CC2=Nc2cc(Cl)c(O)c(Cl)c21.OCC1O[C@@H](O)C(O)[C@H](O)[C@H]1O. The molecule has 21 heteroatoms. The van der Waals surface area contributed by atoms with Gasteiger partial charge in [0.05, 0.1) is 56.1 Å². The molecular weight excluding hydrogens is 986 g/mol. The minimum absolute atomic E-state index is 0. The summed E-state index contributed by atoms with van der Waals surface area (Å²) in [5.41, 5.74) is 3.95. The first kappa shape index (κ1) is 61.3. The molecule has 0 aromatic heterocycles. The Hall–Kier alpha value is -3.86. The summed E-state index contributed by atoms with van der Waals surface area (Å²) in [4.78, 5) is 32.9. The van der Waals surface area contributed by atoms with Gasteiger partial charge < -0.3 is 65.3 Å². The summed E-state index contributed by atoms with van der Waals surface area (Å²) in [5, 5.41) is 94.4. The van der Waals surface area contributed by atoms with Crippen LogP contribution in [-0.4, -0.2) is 149 Å². The van der Waals surface area contributed by atoms with Crippen LogP contribution in [0.2, 0.25) is 10.0 Å². The molecule has 69 heavy (non-hydrogen) atoms. The number of benzene rings is 2. The number of phenols is 1. The number of aliphatic imine (C=N–C) groups is 2. The Morgan fingerprint density at radius 3 is 1.87 bits per heavy atom. The Morgan fingerprint density at radius 2 is 1.29 bits per heavy atom. The number of aliphatic hydroxyl groups is 9. The number of halogens is 4. The van der Waals surface area contributed by atoms with Gasteiger partial charge in [0.25, 0.3) is 0 Å². The highest BCUT2D eigenvalue weighted by Gasteiger charge is 2.46. The molecule has 0 amide bonds. The zero-order valence-corrected chi connectivity index (χ0v) is 39.0. The molecular formula is C48H62Cl4N2O15. The smallest absolute Gasteiger partial charge is 0.229 e. The fourth-order valence-electron chi connectivity index (χ4n) is 7.76. The normalized spacial score (nSPS) is 28.7. The predicted molar refractivity (Wildman–Crippen MR) is 265 cm³/mol. The number of hydrogen-bond acceptors (Lipinski definition) is 17. The quantitative estimate of drug-likeness (QED) is 0.135. The lowest BCUT2D eigenvalue weighted by Gasteiger charge is -2.40. The van der Waals surface area contributed by atoms with E-state index in [1.54, 1.807) is 42.5 Å². The van der Waals surface area contributed by atoms with Crippen molar-refractivity contribution in [3.8, 4) is 11.5 Å². The molecule has 4 heterocycles. The van der Waals surface area contributed by atoms with Crippen LogP contribution in [-0.2, 0) is 29.9 Å². The molecule has 2 aromatic carbocycles. The first-order valence-electron chi connectivity index (χ1n) is 20.2. The van der Waals surface area contributed by atoms with Gasteiger partial charge in [0.2, 0.25) is 12.1 Å². The van der Waals surface area contributed by atoms with Crippen LogP contribution in [0.25, 0.3) is 0 Å². The van der Waals surface area contributed by atoms with Gasteiger partial charge in [-0.15, -0.1) is 6.58 Å². The number of rotatable bonds is 4. The van der Waals surface area contributed by atoms with Gasteiger partial charge in [-0.05, 0) is 66.6 Å². The van der Waals surface area contributed by atoms with E-state index in [2.05, 4.69) is 21.3 Å². The summed E-state index contributed by atoms with van der Waals surface area (Å²) >= 11 is 24.5. The van der Waals surface area contributed by atoms with Gasteiger partial charge in [-0.1, -0.05) is 102 Å². The van der Waals surface area contributed by atoms with Crippen molar-refractivity contribution in [2.24, 2.45) is 9.98 Å². The standard InChI is InChI=1S/C21H21Cl2NO7.C15H11Cl2NO2.C6H12O6.C3H6.3CH4/c1-21(2)9-5-8(30-20-19(29)18(28)17(27)13(7-25)31-20)3-4-11(9)24-12-6-10(22)16(26)15(23)14(12)21;1-15(2)8-5-7(19)3-4-10(8)18-11-6-9(16)14(20)13(17)12(11)15;7-1-2-3(8)4(9)5(10)6(11)12-2;1-3-2;;;/h3-6,13,17-20,25,27-29H,7H2,1-2H3;3-6,20H,1-2H3;2-11H,1H2;3H,1H2,2H3;3*1H4/t13?,17-,18+,19?,20+;;2?,3-,4+,5?,6+;;;;/m0.0..../s1. The average Bonchev–Trinajstić information content (AvgIpc) is 3.26. The average molecular weight is 1050 g/mol. The summed E-state index contributed by atoms with van der Waals surface area (Å²) in [6.07, 6.45) is -6.03. The lowest BCUT2D eigenvalue weighted by atomic mass is 9.71. The number of ether oxygens (including phenoxy) is 3. The van der Waals surface area contributed by atoms with Crippen molar-refractivity contribution in [2.75, 3.05) is 13.2 Å². The van der Waals surface area contributed by atoms with E-state index in [9.17, 15) is 35.1 Å². The van der Waals surface area contributed by atoms with Crippen LogP contribution in [0.15, 0.2) is 92.4 Å². The van der Waals surface area contributed by atoms with Crippen LogP contribution in [0, 0.1) is 0 Å². The highest BCUT2D eigenvalue weighted by molar-refractivity contribution is 6.58. The number of phenolic OH excluding ortho intramolecular Hbond substituents is 1. The van der Waals surface area contributed by atoms with Gasteiger partial charge in [-0.25, -0.2) is 9.98 Å². The van der Waals surface area contributed by atoms with Gasteiger partial charge in [-0.3, -0.25) is 9.59 Å². The van der Waals surface area contributed by atoms with E-state index >= 15 is 0 Å². The molecule has 17 nitrogen and oxygen atoms in total. The van der Waals surface area contributed by atoms with E-state index < -0.39 is 91.2 Å². The van der Waals surface area contributed by atoms with E-state index in [4.69, 9.17) is 81.4 Å². The number of allylic oxidation sites excluding steroid dienone is 9. The van der Waals surface area contributed by atoms with E-state index in [0.717, 1.165) is 11.3 Å². The lowest BCUT2D eigenvalue weighted by molar-refractivity contribution is -0.286. The second-order valence-electron chi connectivity index (χ2n) is 16.6. The molecule has 4 aliphatic heterocycles. The molecule has 6 aliphatic rings. The van der Waals surface area contributed by atoms with Gasteiger partial charge in [0.1, 0.15) is 54.6 Å². The third-order valence-corrected chi connectivity index (χ3v) is 12.6. The number of aromatic hydroxyl groups is 1. The maximum atomic E-state index is 12.3. The molecule has 0 bridgehead atoms. The van der Waals surface area contributed by atoms with E-state index in [1.165, 1.54) is 12.2 Å². The Labute approximate surface area is 421 Å². The van der Waals surface area contributed by atoms with E-state index in [0.29, 0.717) is 39.5 Å². The summed E-state index contributed by atoms with van der Waals surface area (Å²) in [5.74, 6) is -0.411. The van der Waals surface area contributed by atoms with Crippen molar-refractivity contribution in [1.82, 2.24) is 0 Å². The zero-order valence-electron chi connectivity index (χ0n) is 36.0. The zero-order chi connectivity index (χ0) is 49.3. The summed E-state index contributed by atoms with van der Waals surface area (Å²) < 4.78 is 15.7. The summed E-state index contributed by atoms with van der Waals surface area (Å²) in [6.45, 7) is 11.8. The molecule has 10 atom stereocenters. The highest BCUT2D eigenvalue weighted by atomic mass is 35.5. The number of carbonyl (C=O) groups is 2. The topological polar surface area (TPSA) is 289 Å². The number of carbonyl (C=O) groups excluding carboxylic acids is 2. The van der Waals surface area contributed by atoms with Gasteiger partial charge in [0.15, 0.2) is 17.8 Å². The number of hydrogen-bond donors (Lipinski definition) is 10. The molecule has 4 unspecified atom stereocenters. The van der Waals surface area contributed by atoms with Gasteiger partial charge in [-0.2, -0.15) is 0 Å². The third-order valence-electron chi connectivity index (χ3n) is 11.3. The van der Waals surface area contributed by atoms with Gasteiger partial charge >= 0.3 is 0 Å². The van der Waals surface area contributed by atoms with Crippen LogP contribution in [0.3, 0.4) is 0 Å². The largest absolute Gasteiger partial charge is 0.505 e. The minimum Gasteiger partial charge on any atom is -0.505 e. The van der Waals surface area contributed by atoms with Crippen molar-refractivity contribution < 1.29 is 74.9 Å². The summed E-state index contributed by atoms with van der Waals surface area (Å²) in [6, 6.07) is 6.58. The number of fused-ring (bicyclic) bond motifs is 4. The number of aliphatic hydroxyl groups excluding tert-OH is 9.